The van der Waals surface area contributed by atoms with Gasteiger partial charge in [0.15, 0.2) is 0 Å². The van der Waals surface area contributed by atoms with Crippen molar-refractivity contribution in [1.82, 2.24) is 9.88 Å². The molecule has 3 N–H and O–H groups in total. The Balaban J connectivity index is 1.61. The summed E-state index contributed by atoms with van der Waals surface area (Å²) in [7, 11) is 0. The van der Waals surface area contributed by atoms with Crippen LogP contribution in [0.15, 0.2) is 18.5 Å². The summed E-state index contributed by atoms with van der Waals surface area (Å²) in [5.41, 5.74) is 2.43. The molecular formula is C17H27N3O3. The minimum Gasteiger partial charge on any atom is -0.389 e. The maximum Gasteiger partial charge on any atom is 0.108 e. The highest BCUT2D eigenvalue weighted by molar-refractivity contribution is 5.51. The molecule has 0 aliphatic carbocycles. The van der Waals surface area contributed by atoms with Crippen molar-refractivity contribution in [2.75, 3.05) is 31.1 Å². The van der Waals surface area contributed by atoms with Crippen LogP contribution in [0, 0.1) is 12.8 Å². The van der Waals surface area contributed by atoms with Crippen molar-refractivity contribution in [2.24, 2.45) is 5.92 Å². The van der Waals surface area contributed by atoms with E-state index in [1.807, 2.05) is 25.4 Å². The van der Waals surface area contributed by atoms with Crippen molar-refractivity contribution in [3.63, 3.8) is 0 Å². The smallest absolute Gasteiger partial charge is 0.108 e. The van der Waals surface area contributed by atoms with E-state index in [0.29, 0.717) is 12.5 Å². The number of piperidine rings is 1. The molecule has 0 aromatic carbocycles. The van der Waals surface area contributed by atoms with E-state index in [0.717, 1.165) is 26.1 Å². The van der Waals surface area contributed by atoms with E-state index in [-0.39, 0.29) is 6.04 Å². The molecule has 2 aliphatic rings. The number of nitrogens with zero attached hydrogens (tertiary/aromatic N) is 3. The van der Waals surface area contributed by atoms with Gasteiger partial charge in [-0.3, -0.25) is 9.88 Å². The van der Waals surface area contributed by atoms with E-state index in [4.69, 9.17) is 0 Å². The van der Waals surface area contributed by atoms with Crippen molar-refractivity contribution in [3.8, 4) is 0 Å². The summed E-state index contributed by atoms with van der Waals surface area (Å²) >= 11 is 0. The number of aliphatic hydroxyl groups excluding tert-OH is 3. The van der Waals surface area contributed by atoms with Gasteiger partial charge in [-0.25, -0.2) is 0 Å². The number of aliphatic hydroxyl groups is 3. The second-order valence-corrected chi connectivity index (χ2v) is 7.01. The molecule has 0 amide bonds. The van der Waals surface area contributed by atoms with Crippen molar-refractivity contribution >= 4 is 5.69 Å². The van der Waals surface area contributed by atoms with E-state index in [2.05, 4.69) is 21.7 Å². The minimum atomic E-state index is -1.04. The summed E-state index contributed by atoms with van der Waals surface area (Å²) in [5.74, 6) is 0.492. The van der Waals surface area contributed by atoms with Crippen LogP contribution in [0.25, 0.3) is 0 Å². The Bertz CT molecular complexity index is 542. The lowest BCUT2D eigenvalue weighted by Gasteiger charge is -2.43. The second-order valence-electron chi connectivity index (χ2n) is 7.01. The van der Waals surface area contributed by atoms with Crippen LogP contribution in [0.5, 0.6) is 0 Å². The van der Waals surface area contributed by atoms with E-state index < -0.39 is 18.3 Å². The van der Waals surface area contributed by atoms with Gasteiger partial charge in [0.25, 0.3) is 0 Å². The Labute approximate surface area is 137 Å². The summed E-state index contributed by atoms with van der Waals surface area (Å²) in [5, 5.41) is 29.7. The summed E-state index contributed by atoms with van der Waals surface area (Å²) < 4.78 is 0. The molecule has 1 aromatic rings. The van der Waals surface area contributed by atoms with Crippen molar-refractivity contribution < 1.29 is 15.3 Å². The number of aromatic nitrogens is 1. The third-order valence-electron chi connectivity index (χ3n) is 5.37. The molecule has 1 aromatic heterocycles. The average molecular weight is 321 g/mol. The first kappa shape index (κ1) is 16.6. The zero-order valence-electron chi connectivity index (χ0n) is 13.8. The van der Waals surface area contributed by atoms with Crippen LogP contribution in [0.1, 0.15) is 18.9 Å². The van der Waals surface area contributed by atoms with Gasteiger partial charge in [0.1, 0.15) is 6.10 Å². The van der Waals surface area contributed by atoms with Crippen LogP contribution in [-0.4, -0.2) is 75.7 Å². The monoisotopic (exact) mass is 321 g/mol. The fourth-order valence-corrected chi connectivity index (χ4v) is 3.80. The molecule has 0 unspecified atom stereocenters. The predicted molar refractivity (Wildman–Crippen MR) is 88.3 cm³/mol. The Hall–Kier alpha value is -1.21. The highest BCUT2D eigenvalue weighted by atomic mass is 16.4. The van der Waals surface area contributed by atoms with Crippen LogP contribution in [0.2, 0.25) is 0 Å². The second kappa shape index (κ2) is 6.73. The molecule has 2 aliphatic heterocycles. The molecule has 6 nitrogen and oxygen atoms in total. The van der Waals surface area contributed by atoms with E-state index in [9.17, 15) is 15.3 Å². The summed E-state index contributed by atoms with van der Waals surface area (Å²) in [6.07, 6.45) is 2.02. The lowest BCUT2D eigenvalue weighted by molar-refractivity contribution is -0.134. The van der Waals surface area contributed by atoms with Gasteiger partial charge in [0.05, 0.1) is 24.1 Å². The van der Waals surface area contributed by atoms with Crippen molar-refractivity contribution in [3.05, 3.63) is 24.0 Å². The van der Waals surface area contributed by atoms with Gasteiger partial charge < -0.3 is 20.2 Å². The molecule has 0 spiro atoms. The van der Waals surface area contributed by atoms with Crippen LogP contribution in [-0.2, 0) is 0 Å². The Morgan fingerprint density at radius 2 is 2.00 bits per heavy atom. The highest BCUT2D eigenvalue weighted by Gasteiger charge is 2.40. The van der Waals surface area contributed by atoms with E-state index in [1.165, 1.54) is 11.3 Å². The molecule has 3 heterocycles. The number of β-amino-alcohol motifs (C(OH)–C–C–N with tert-alkyl or cyclic N) is 1. The van der Waals surface area contributed by atoms with E-state index in [1.54, 1.807) is 0 Å². The van der Waals surface area contributed by atoms with Gasteiger partial charge in [-0.05, 0) is 37.8 Å². The van der Waals surface area contributed by atoms with E-state index >= 15 is 0 Å². The van der Waals surface area contributed by atoms with Gasteiger partial charge in [-0.1, -0.05) is 0 Å². The molecule has 2 fully saturated rings. The average Bonchev–Trinajstić information content (AvgIpc) is 2.99. The Kier molecular flexibility index (Phi) is 4.87. The number of anilines is 1. The lowest BCUT2D eigenvalue weighted by Crippen LogP contribution is -2.60. The normalized spacial score (nSPS) is 35.7. The Morgan fingerprint density at radius 3 is 2.74 bits per heavy atom. The molecule has 0 radical (unpaired) electrons. The Morgan fingerprint density at radius 1 is 1.22 bits per heavy atom. The third kappa shape index (κ3) is 3.35. The van der Waals surface area contributed by atoms with Crippen molar-refractivity contribution in [1.29, 1.82) is 0 Å². The fourth-order valence-electron chi connectivity index (χ4n) is 3.80. The number of hydrogen-bond donors (Lipinski definition) is 3. The molecule has 0 bridgehead atoms. The molecule has 0 saturated carbocycles. The molecule has 3 rings (SSSR count). The molecule has 128 valence electrons. The zero-order valence-corrected chi connectivity index (χ0v) is 13.8. The largest absolute Gasteiger partial charge is 0.389 e. The van der Waals surface area contributed by atoms with Crippen molar-refractivity contribution in [2.45, 2.75) is 44.6 Å². The SMILES string of the molecule is Cc1ccncc1N1CC[C@H](CN2C[C@H](O)[C@@H](O)[C@H](O)[C@H]2C)C1. The first-order chi connectivity index (χ1) is 11.0. The molecular weight excluding hydrogens is 294 g/mol. The first-order valence-electron chi connectivity index (χ1n) is 8.41. The number of hydrogen-bond acceptors (Lipinski definition) is 6. The third-order valence-corrected chi connectivity index (χ3v) is 5.37. The molecule has 6 heteroatoms. The van der Waals surface area contributed by atoms with Crippen LogP contribution in [0.3, 0.4) is 0 Å². The topological polar surface area (TPSA) is 80.1 Å². The summed E-state index contributed by atoms with van der Waals surface area (Å²) in [4.78, 5) is 8.69. The van der Waals surface area contributed by atoms with Crippen LogP contribution < -0.4 is 4.90 Å². The lowest BCUT2D eigenvalue weighted by atomic mass is 9.93. The predicted octanol–water partition coefficient (Wildman–Crippen LogP) is 0.00312. The number of pyridine rings is 1. The zero-order chi connectivity index (χ0) is 16.6. The maximum absolute atomic E-state index is 10.1. The van der Waals surface area contributed by atoms with Crippen LogP contribution >= 0.6 is 0 Å². The minimum absolute atomic E-state index is 0.137. The van der Waals surface area contributed by atoms with Crippen LogP contribution in [0.4, 0.5) is 5.69 Å². The maximum atomic E-state index is 10.1. The standard InChI is InChI=1S/C17H27N3O3/c1-11-3-5-18-7-14(11)19-6-4-13(8-19)9-20-10-15(21)17(23)16(22)12(20)2/h3,5,7,12-13,15-17,21-23H,4,6,8-10H2,1-2H3/t12-,13+,15+,16-,17-/m1/s1. The van der Waals surface area contributed by atoms with Gasteiger partial charge in [-0.15, -0.1) is 0 Å². The van der Waals surface area contributed by atoms with Gasteiger partial charge in [0.2, 0.25) is 0 Å². The summed E-state index contributed by atoms with van der Waals surface area (Å²) in [6, 6.07) is 1.89. The fraction of sp³-hybridized carbons (Fsp3) is 0.706. The van der Waals surface area contributed by atoms with Gasteiger partial charge in [-0.2, -0.15) is 0 Å². The number of aryl methyl sites for hydroxylation is 1. The summed E-state index contributed by atoms with van der Waals surface area (Å²) in [6.45, 7) is 7.24. The van der Waals surface area contributed by atoms with Gasteiger partial charge >= 0.3 is 0 Å². The highest BCUT2D eigenvalue weighted by Crippen LogP contribution is 2.28. The number of likely N-dealkylation sites (tertiary alicyclic amines) is 1. The molecule has 2 saturated heterocycles. The number of rotatable bonds is 3. The van der Waals surface area contributed by atoms with Gasteiger partial charge in [0, 0.05) is 38.4 Å². The molecule has 5 atom stereocenters. The first-order valence-corrected chi connectivity index (χ1v) is 8.41. The molecule has 23 heavy (non-hydrogen) atoms. The quantitative estimate of drug-likeness (QED) is 0.727.